The second-order valence-corrected chi connectivity index (χ2v) is 5.85. The lowest BCUT2D eigenvalue weighted by Gasteiger charge is -2.21. The van der Waals surface area contributed by atoms with Crippen LogP contribution in [0.1, 0.15) is 20.3 Å². The number of amides is 1. The number of hydrogen-bond donors (Lipinski definition) is 2. The van der Waals surface area contributed by atoms with Gasteiger partial charge in [0.25, 0.3) is 0 Å². The van der Waals surface area contributed by atoms with Gasteiger partial charge >= 0.3 is 0 Å². The quantitative estimate of drug-likeness (QED) is 0.878. The number of nitrogens with one attached hydrogen (secondary N) is 1. The number of carbonyl (C=O) groups excluding carboxylic acids is 1. The maximum atomic E-state index is 11.9. The Morgan fingerprint density at radius 1 is 1.50 bits per heavy atom. The van der Waals surface area contributed by atoms with Gasteiger partial charge in [-0.15, -0.1) is 0 Å². The molecule has 0 aromatic heterocycles. The van der Waals surface area contributed by atoms with Crippen molar-refractivity contribution in [2.75, 3.05) is 19.0 Å². The molecule has 0 atom stereocenters. The normalized spacial score (nSPS) is 11.2. The van der Waals surface area contributed by atoms with Gasteiger partial charge in [0.1, 0.15) is 5.75 Å². The summed E-state index contributed by atoms with van der Waals surface area (Å²) in [6, 6.07) is 5.47. The van der Waals surface area contributed by atoms with Crippen LogP contribution in [0.15, 0.2) is 22.7 Å². The number of ether oxygens (including phenoxy) is 1. The SMILES string of the molecule is COc1ccc(Br)cc1NC(=O)CC(C)(C)CN. The van der Waals surface area contributed by atoms with Crippen LogP contribution in [0.2, 0.25) is 0 Å². The fraction of sp³-hybridized carbons (Fsp3) is 0.462. The van der Waals surface area contributed by atoms with Crippen molar-refractivity contribution in [2.45, 2.75) is 20.3 Å². The maximum Gasteiger partial charge on any atom is 0.225 e. The van der Waals surface area contributed by atoms with E-state index in [4.69, 9.17) is 10.5 Å². The Labute approximate surface area is 116 Å². The fourth-order valence-corrected chi connectivity index (χ4v) is 1.84. The van der Waals surface area contributed by atoms with E-state index in [-0.39, 0.29) is 11.3 Å². The number of benzene rings is 1. The standard InChI is InChI=1S/C13H19BrN2O2/c1-13(2,8-15)7-12(17)16-10-6-9(14)4-5-11(10)18-3/h4-6H,7-8,15H2,1-3H3,(H,16,17). The van der Waals surface area contributed by atoms with Crippen LogP contribution in [-0.4, -0.2) is 19.6 Å². The molecule has 0 aliphatic rings. The second-order valence-electron chi connectivity index (χ2n) is 4.94. The van der Waals surface area contributed by atoms with Crippen molar-refractivity contribution in [3.8, 4) is 5.75 Å². The van der Waals surface area contributed by atoms with Crippen LogP contribution >= 0.6 is 15.9 Å². The summed E-state index contributed by atoms with van der Waals surface area (Å²) in [5.41, 5.74) is 6.07. The topological polar surface area (TPSA) is 64.3 Å². The molecule has 0 aliphatic heterocycles. The molecule has 18 heavy (non-hydrogen) atoms. The molecule has 1 rings (SSSR count). The molecule has 0 unspecified atom stereocenters. The summed E-state index contributed by atoms with van der Waals surface area (Å²) in [6.45, 7) is 4.39. The smallest absolute Gasteiger partial charge is 0.225 e. The average Bonchev–Trinajstić information content (AvgIpc) is 2.28. The molecule has 1 amide bonds. The zero-order chi connectivity index (χ0) is 13.8. The number of hydrogen-bond acceptors (Lipinski definition) is 3. The number of methoxy groups -OCH3 is 1. The molecule has 0 spiro atoms. The third-order valence-electron chi connectivity index (χ3n) is 2.63. The molecular weight excluding hydrogens is 296 g/mol. The molecule has 0 fully saturated rings. The van der Waals surface area contributed by atoms with Crippen LogP contribution in [0.5, 0.6) is 5.75 Å². The molecule has 0 heterocycles. The lowest BCUT2D eigenvalue weighted by atomic mass is 9.89. The van der Waals surface area contributed by atoms with E-state index >= 15 is 0 Å². The molecule has 0 saturated heterocycles. The highest BCUT2D eigenvalue weighted by Crippen LogP contribution is 2.29. The number of nitrogens with two attached hydrogens (primary N) is 1. The second kappa shape index (κ2) is 6.20. The lowest BCUT2D eigenvalue weighted by Crippen LogP contribution is -2.29. The van der Waals surface area contributed by atoms with Crippen LogP contribution in [0.3, 0.4) is 0 Å². The molecule has 3 N–H and O–H groups in total. The Hall–Kier alpha value is -1.07. The number of carbonyl (C=O) groups is 1. The third kappa shape index (κ3) is 4.31. The number of anilines is 1. The van der Waals surface area contributed by atoms with Crippen LogP contribution in [0.25, 0.3) is 0 Å². The molecule has 1 aromatic rings. The van der Waals surface area contributed by atoms with E-state index in [2.05, 4.69) is 21.2 Å². The van der Waals surface area contributed by atoms with E-state index in [0.717, 1.165) is 4.47 Å². The lowest BCUT2D eigenvalue weighted by molar-refractivity contribution is -0.117. The summed E-state index contributed by atoms with van der Waals surface area (Å²) >= 11 is 3.36. The molecule has 5 heteroatoms. The average molecular weight is 315 g/mol. The molecule has 0 radical (unpaired) electrons. The van der Waals surface area contributed by atoms with E-state index in [1.54, 1.807) is 13.2 Å². The van der Waals surface area contributed by atoms with Gasteiger partial charge in [-0.1, -0.05) is 29.8 Å². The highest BCUT2D eigenvalue weighted by molar-refractivity contribution is 9.10. The Morgan fingerprint density at radius 2 is 2.17 bits per heavy atom. The van der Waals surface area contributed by atoms with Crippen molar-refractivity contribution in [2.24, 2.45) is 11.1 Å². The molecule has 0 bridgehead atoms. The zero-order valence-electron chi connectivity index (χ0n) is 10.9. The summed E-state index contributed by atoms with van der Waals surface area (Å²) in [7, 11) is 1.57. The predicted molar refractivity (Wildman–Crippen MR) is 76.8 cm³/mol. The van der Waals surface area contributed by atoms with E-state index in [1.165, 1.54) is 0 Å². The van der Waals surface area contributed by atoms with Gasteiger partial charge in [-0.2, -0.15) is 0 Å². The van der Waals surface area contributed by atoms with Gasteiger partial charge in [-0.05, 0) is 30.2 Å². The summed E-state index contributed by atoms with van der Waals surface area (Å²) in [6.07, 6.45) is 0.374. The van der Waals surface area contributed by atoms with Crippen LogP contribution in [-0.2, 0) is 4.79 Å². The highest BCUT2D eigenvalue weighted by Gasteiger charge is 2.20. The molecule has 0 saturated carbocycles. The first-order chi connectivity index (χ1) is 8.38. The largest absolute Gasteiger partial charge is 0.495 e. The van der Waals surface area contributed by atoms with Crippen molar-refractivity contribution >= 4 is 27.5 Å². The fourth-order valence-electron chi connectivity index (χ4n) is 1.48. The minimum absolute atomic E-state index is 0.0677. The maximum absolute atomic E-state index is 11.9. The molecular formula is C13H19BrN2O2. The number of halogens is 1. The molecule has 4 nitrogen and oxygen atoms in total. The van der Waals surface area contributed by atoms with Crippen LogP contribution in [0, 0.1) is 5.41 Å². The third-order valence-corrected chi connectivity index (χ3v) is 3.12. The van der Waals surface area contributed by atoms with E-state index in [9.17, 15) is 4.79 Å². The van der Waals surface area contributed by atoms with Crippen molar-refractivity contribution in [1.82, 2.24) is 0 Å². The van der Waals surface area contributed by atoms with Crippen molar-refractivity contribution in [1.29, 1.82) is 0 Å². The van der Waals surface area contributed by atoms with Crippen molar-refractivity contribution in [3.05, 3.63) is 22.7 Å². The van der Waals surface area contributed by atoms with Gasteiger partial charge in [0.2, 0.25) is 5.91 Å². The summed E-state index contributed by atoms with van der Waals surface area (Å²) in [5.74, 6) is 0.568. The van der Waals surface area contributed by atoms with Gasteiger partial charge in [0, 0.05) is 10.9 Å². The van der Waals surface area contributed by atoms with Gasteiger partial charge in [-0.3, -0.25) is 4.79 Å². The Bertz CT molecular complexity index is 433. The Balaban J connectivity index is 2.78. The summed E-state index contributed by atoms with van der Waals surface area (Å²) < 4.78 is 6.08. The number of rotatable bonds is 5. The highest BCUT2D eigenvalue weighted by atomic mass is 79.9. The Kier molecular flexibility index (Phi) is 5.16. The molecule has 1 aromatic carbocycles. The van der Waals surface area contributed by atoms with Crippen molar-refractivity contribution in [3.63, 3.8) is 0 Å². The van der Waals surface area contributed by atoms with Gasteiger partial charge in [-0.25, -0.2) is 0 Å². The minimum Gasteiger partial charge on any atom is -0.495 e. The summed E-state index contributed by atoms with van der Waals surface area (Å²) in [4.78, 5) is 11.9. The first-order valence-electron chi connectivity index (χ1n) is 5.71. The zero-order valence-corrected chi connectivity index (χ0v) is 12.5. The first kappa shape index (κ1) is 15.0. The van der Waals surface area contributed by atoms with Crippen molar-refractivity contribution < 1.29 is 9.53 Å². The van der Waals surface area contributed by atoms with Gasteiger partial charge in [0.15, 0.2) is 0 Å². The predicted octanol–water partition coefficient (Wildman–Crippen LogP) is 2.77. The van der Waals surface area contributed by atoms with E-state index in [1.807, 2.05) is 26.0 Å². The minimum atomic E-state index is -0.205. The monoisotopic (exact) mass is 314 g/mol. The molecule has 100 valence electrons. The Morgan fingerprint density at radius 3 is 2.72 bits per heavy atom. The van der Waals surface area contributed by atoms with E-state index < -0.39 is 0 Å². The van der Waals surface area contributed by atoms with Crippen LogP contribution < -0.4 is 15.8 Å². The van der Waals surface area contributed by atoms with E-state index in [0.29, 0.717) is 24.4 Å². The van der Waals surface area contributed by atoms with Crippen LogP contribution in [0.4, 0.5) is 5.69 Å². The first-order valence-corrected chi connectivity index (χ1v) is 6.51. The summed E-state index contributed by atoms with van der Waals surface area (Å²) in [5, 5.41) is 2.84. The van der Waals surface area contributed by atoms with Gasteiger partial charge in [0.05, 0.1) is 12.8 Å². The molecule has 0 aliphatic carbocycles. The van der Waals surface area contributed by atoms with Gasteiger partial charge < -0.3 is 15.8 Å².